The van der Waals surface area contributed by atoms with Gasteiger partial charge in [-0.3, -0.25) is 9.59 Å². The van der Waals surface area contributed by atoms with Crippen molar-refractivity contribution in [3.63, 3.8) is 0 Å². The number of amides is 1. The van der Waals surface area contributed by atoms with Gasteiger partial charge >= 0.3 is 5.97 Å². The van der Waals surface area contributed by atoms with E-state index in [1.54, 1.807) is 23.1 Å². The highest BCUT2D eigenvalue weighted by Crippen LogP contribution is 2.37. The number of likely N-dealkylation sites (tertiary alicyclic amines) is 1. The molecule has 0 spiro atoms. The smallest absolute Gasteiger partial charge is 0.314 e. The molecule has 2 aromatic carbocycles. The highest BCUT2D eigenvalue weighted by molar-refractivity contribution is 6.00. The van der Waals surface area contributed by atoms with Gasteiger partial charge in [-0.1, -0.05) is 61.5 Å². The van der Waals surface area contributed by atoms with Crippen LogP contribution in [0.2, 0.25) is 0 Å². The molecule has 160 valence electrons. The summed E-state index contributed by atoms with van der Waals surface area (Å²) in [6, 6.07) is 16.4. The van der Waals surface area contributed by atoms with Gasteiger partial charge in [0.1, 0.15) is 0 Å². The zero-order chi connectivity index (χ0) is 22.0. The van der Waals surface area contributed by atoms with Crippen LogP contribution < -0.4 is 0 Å². The second-order valence-electron chi connectivity index (χ2n) is 8.20. The number of carbonyl (C=O) groups excluding carboxylic acids is 1. The molecule has 0 atom stereocenters. The predicted molar refractivity (Wildman–Crippen MR) is 115 cm³/mol. The van der Waals surface area contributed by atoms with Gasteiger partial charge in [0.2, 0.25) is 0 Å². The van der Waals surface area contributed by atoms with E-state index in [-0.39, 0.29) is 11.8 Å². The van der Waals surface area contributed by atoms with Gasteiger partial charge < -0.3 is 14.5 Å². The van der Waals surface area contributed by atoms with Crippen LogP contribution in [0.1, 0.15) is 54.4 Å². The van der Waals surface area contributed by atoms with Crippen LogP contribution in [0, 0.1) is 0 Å². The molecule has 1 aromatic heterocycles. The first-order chi connectivity index (χ1) is 14.9. The number of piperidine rings is 1. The van der Waals surface area contributed by atoms with Crippen LogP contribution in [0.3, 0.4) is 0 Å². The Hall–Kier alpha value is -3.48. The van der Waals surface area contributed by atoms with Crippen molar-refractivity contribution in [1.29, 1.82) is 0 Å². The SMILES string of the molecule is CC(C)c1noc(-c2ccccc2C(=O)N2CCC(C(=O)O)(c3ccccc3)CC2)n1. The normalized spacial score (nSPS) is 15.8. The van der Waals surface area contributed by atoms with Crippen molar-refractivity contribution < 1.29 is 19.2 Å². The van der Waals surface area contributed by atoms with Crippen LogP contribution in [0.15, 0.2) is 59.1 Å². The number of hydrogen-bond donors (Lipinski definition) is 1. The van der Waals surface area contributed by atoms with Gasteiger partial charge in [-0.25, -0.2) is 0 Å². The number of aromatic nitrogens is 2. The van der Waals surface area contributed by atoms with Gasteiger partial charge in [-0.15, -0.1) is 0 Å². The molecular formula is C24H25N3O4. The highest BCUT2D eigenvalue weighted by atomic mass is 16.5. The summed E-state index contributed by atoms with van der Waals surface area (Å²) >= 11 is 0. The van der Waals surface area contributed by atoms with Crippen LogP contribution in [-0.4, -0.2) is 45.1 Å². The lowest BCUT2D eigenvalue weighted by Gasteiger charge is -2.39. The Bertz CT molecular complexity index is 1080. The van der Waals surface area contributed by atoms with Gasteiger partial charge in [-0.05, 0) is 30.5 Å². The average Bonchev–Trinajstić information content (AvgIpc) is 3.30. The summed E-state index contributed by atoms with van der Waals surface area (Å²) in [5.41, 5.74) is 0.868. The zero-order valence-electron chi connectivity index (χ0n) is 17.6. The maximum absolute atomic E-state index is 13.3. The van der Waals surface area contributed by atoms with E-state index in [0.717, 1.165) is 5.56 Å². The summed E-state index contributed by atoms with van der Waals surface area (Å²) in [6.45, 7) is 4.66. The van der Waals surface area contributed by atoms with Crippen molar-refractivity contribution in [2.75, 3.05) is 13.1 Å². The quantitative estimate of drug-likeness (QED) is 0.668. The van der Waals surface area contributed by atoms with Gasteiger partial charge in [0.15, 0.2) is 5.82 Å². The molecular weight excluding hydrogens is 394 g/mol. The van der Waals surface area contributed by atoms with E-state index < -0.39 is 11.4 Å². The number of hydrogen-bond acceptors (Lipinski definition) is 5. The van der Waals surface area contributed by atoms with E-state index in [1.165, 1.54) is 0 Å². The molecule has 0 radical (unpaired) electrons. The minimum Gasteiger partial charge on any atom is -0.481 e. The summed E-state index contributed by atoms with van der Waals surface area (Å²) in [4.78, 5) is 31.7. The van der Waals surface area contributed by atoms with Crippen LogP contribution in [0.5, 0.6) is 0 Å². The topological polar surface area (TPSA) is 96.5 Å². The third-order valence-corrected chi connectivity index (χ3v) is 5.99. The summed E-state index contributed by atoms with van der Waals surface area (Å²) < 4.78 is 5.40. The molecule has 7 nitrogen and oxygen atoms in total. The predicted octanol–water partition coefficient (Wildman–Crippen LogP) is 4.12. The molecule has 1 aliphatic heterocycles. The minimum absolute atomic E-state index is 0.115. The van der Waals surface area contributed by atoms with E-state index in [4.69, 9.17) is 4.52 Å². The van der Waals surface area contributed by atoms with Gasteiger partial charge in [-0.2, -0.15) is 4.98 Å². The van der Waals surface area contributed by atoms with Crippen molar-refractivity contribution in [3.8, 4) is 11.5 Å². The molecule has 4 rings (SSSR count). The average molecular weight is 419 g/mol. The fraction of sp³-hybridized carbons (Fsp3) is 0.333. The number of carbonyl (C=O) groups is 2. The Labute approximate surface area is 180 Å². The van der Waals surface area contributed by atoms with Crippen molar-refractivity contribution in [2.24, 2.45) is 0 Å². The molecule has 0 aliphatic carbocycles. The summed E-state index contributed by atoms with van der Waals surface area (Å²) in [6.07, 6.45) is 0.719. The van der Waals surface area contributed by atoms with Crippen LogP contribution in [0.4, 0.5) is 0 Å². The first-order valence-electron chi connectivity index (χ1n) is 10.4. The minimum atomic E-state index is -0.976. The fourth-order valence-electron chi connectivity index (χ4n) is 4.08. The van der Waals surface area contributed by atoms with Crippen LogP contribution >= 0.6 is 0 Å². The van der Waals surface area contributed by atoms with E-state index in [1.807, 2.05) is 50.2 Å². The van der Waals surface area contributed by atoms with Crippen molar-refractivity contribution in [3.05, 3.63) is 71.5 Å². The molecule has 2 heterocycles. The lowest BCUT2D eigenvalue weighted by atomic mass is 9.72. The fourth-order valence-corrected chi connectivity index (χ4v) is 4.08. The molecule has 0 bridgehead atoms. The largest absolute Gasteiger partial charge is 0.481 e. The van der Waals surface area contributed by atoms with Gasteiger partial charge in [0, 0.05) is 19.0 Å². The number of carboxylic acid groups (broad SMARTS) is 1. The standard InChI is InChI=1S/C24H25N3O4/c1-16(2)20-25-21(31-26-20)18-10-6-7-11-19(18)22(28)27-14-12-24(13-15-27,23(29)30)17-8-4-3-5-9-17/h3-11,16H,12-15H2,1-2H3,(H,29,30). The van der Waals surface area contributed by atoms with Crippen molar-refractivity contribution in [2.45, 2.75) is 38.0 Å². The van der Waals surface area contributed by atoms with Gasteiger partial charge in [0.25, 0.3) is 11.8 Å². The van der Waals surface area contributed by atoms with E-state index >= 15 is 0 Å². The number of benzene rings is 2. The lowest BCUT2D eigenvalue weighted by Crippen LogP contribution is -2.49. The third kappa shape index (κ3) is 3.83. The first kappa shape index (κ1) is 20.8. The molecule has 31 heavy (non-hydrogen) atoms. The molecule has 0 saturated carbocycles. The number of rotatable bonds is 5. The molecule has 1 N–H and O–H groups in total. The van der Waals surface area contributed by atoms with Crippen molar-refractivity contribution >= 4 is 11.9 Å². The Morgan fingerprint density at radius 1 is 1.03 bits per heavy atom. The molecule has 0 unspecified atom stereocenters. The van der Waals surface area contributed by atoms with Crippen LogP contribution in [-0.2, 0) is 10.2 Å². The molecule has 7 heteroatoms. The molecule has 1 aliphatic rings. The van der Waals surface area contributed by atoms with Crippen molar-refractivity contribution in [1.82, 2.24) is 15.0 Å². The van der Waals surface area contributed by atoms with Crippen LogP contribution in [0.25, 0.3) is 11.5 Å². The van der Waals surface area contributed by atoms with E-state index in [0.29, 0.717) is 48.8 Å². The zero-order valence-corrected chi connectivity index (χ0v) is 17.6. The van der Waals surface area contributed by atoms with E-state index in [9.17, 15) is 14.7 Å². The Kier molecular flexibility index (Phi) is 5.59. The van der Waals surface area contributed by atoms with Gasteiger partial charge in [0.05, 0.1) is 16.5 Å². The summed E-state index contributed by atoms with van der Waals surface area (Å²) in [5.74, 6) is 0.00737. The Morgan fingerprint density at radius 3 is 2.29 bits per heavy atom. The Morgan fingerprint density at radius 2 is 1.68 bits per heavy atom. The summed E-state index contributed by atoms with van der Waals surface area (Å²) in [7, 11) is 0. The second kappa shape index (κ2) is 8.34. The summed E-state index contributed by atoms with van der Waals surface area (Å²) in [5, 5.41) is 14.0. The maximum Gasteiger partial charge on any atom is 0.314 e. The maximum atomic E-state index is 13.3. The number of aliphatic carboxylic acids is 1. The molecule has 1 fully saturated rings. The molecule has 3 aromatic rings. The third-order valence-electron chi connectivity index (χ3n) is 5.99. The first-order valence-corrected chi connectivity index (χ1v) is 10.4. The number of carboxylic acids is 1. The lowest BCUT2D eigenvalue weighted by molar-refractivity contribution is -0.145. The Balaban J connectivity index is 1.58. The molecule has 1 saturated heterocycles. The second-order valence-corrected chi connectivity index (χ2v) is 8.20. The van der Waals surface area contributed by atoms with E-state index in [2.05, 4.69) is 10.1 Å². The number of nitrogens with zero attached hydrogens (tertiary/aromatic N) is 3. The highest BCUT2D eigenvalue weighted by Gasteiger charge is 2.44. The monoisotopic (exact) mass is 419 g/mol. The molecule has 1 amide bonds.